The molecule has 0 unspecified atom stereocenters. The summed E-state index contributed by atoms with van der Waals surface area (Å²) >= 11 is 0. The lowest BCUT2D eigenvalue weighted by Crippen LogP contribution is -2.29. The number of nitrogens with zero attached hydrogens (tertiary/aromatic N) is 6. The second kappa shape index (κ2) is 7.65. The van der Waals surface area contributed by atoms with Gasteiger partial charge in [-0.2, -0.15) is 0 Å². The fourth-order valence-corrected chi connectivity index (χ4v) is 3.28. The van der Waals surface area contributed by atoms with E-state index in [1.54, 1.807) is 18.6 Å². The van der Waals surface area contributed by atoms with Crippen molar-refractivity contribution in [1.82, 2.24) is 34.8 Å². The van der Waals surface area contributed by atoms with E-state index in [0.29, 0.717) is 12.6 Å². The van der Waals surface area contributed by atoms with E-state index in [4.69, 9.17) is 4.74 Å². The molecule has 0 saturated carbocycles. The molecule has 1 aliphatic rings. The van der Waals surface area contributed by atoms with Crippen molar-refractivity contribution in [1.29, 1.82) is 0 Å². The molecule has 1 saturated heterocycles. The first-order valence-electron chi connectivity index (χ1n) is 9.00. The Bertz CT molecular complexity index is 823. The minimum absolute atomic E-state index is 0.0217. The highest BCUT2D eigenvalue weighted by Crippen LogP contribution is 2.21. The van der Waals surface area contributed by atoms with Crippen LogP contribution in [0.25, 0.3) is 11.5 Å². The number of piperidine rings is 1. The Kier molecular flexibility index (Phi) is 4.92. The van der Waals surface area contributed by atoms with E-state index in [1.807, 2.05) is 36.1 Å². The minimum atomic E-state index is -0.0217. The van der Waals surface area contributed by atoms with Gasteiger partial charge in [0.1, 0.15) is 17.5 Å². The van der Waals surface area contributed by atoms with Crippen molar-refractivity contribution in [3.05, 3.63) is 43.1 Å². The van der Waals surface area contributed by atoms with Crippen molar-refractivity contribution >= 4 is 0 Å². The summed E-state index contributed by atoms with van der Waals surface area (Å²) in [4.78, 5) is 8.55. The maximum Gasteiger partial charge on any atom is 0.162 e. The summed E-state index contributed by atoms with van der Waals surface area (Å²) in [5.74, 6) is 1.57. The molecule has 3 aromatic rings. The van der Waals surface area contributed by atoms with Gasteiger partial charge in [-0.1, -0.05) is 5.21 Å². The number of ether oxygens (including phenoxy) is 1. The van der Waals surface area contributed by atoms with E-state index in [0.717, 1.165) is 43.2 Å². The summed E-state index contributed by atoms with van der Waals surface area (Å²) in [5.41, 5.74) is 0.794. The molecule has 1 atom stereocenters. The summed E-state index contributed by atoms with van der Waals surface area (Å²) in [6.07, 6.45) is 11.3. The number of nitrogens with one attached hydrogen (secondary N) is 1. The molecule has 0 aromatic carbocycles. The summed E-state index contributed by atoms with van der Waals surface area (Å²) in [7, 11) is 0. The van der Waals surface area contributed by atoms with E-state index in [9.17, 15) is 0 Å². The third-order valence-corrected chi connectivity index (χ3v) is 4.56. The van der Waals surface area contributed by atoms with Crippen LogP contribution in [0.2, 0.25) is 0 Å². The molecule has 1 fully saturated rings. The van der Waals surface area contributed by atoms with Crippen molar-refractivity contribution in [2.75, 3.05) is 13.1 Å². The van der Waals surface area contributed by atoms with Crippen LogP contribution in [0, 0.1) is 0 Å². The molecule has 4 rings (SSSR count). The fraction of sp³-hybridized carbons (Fsp3) is 0.444. The first kappa shape index (κ1) is 16.7. The van der Waals surface area contributed by atoms with Gasteiger partial charge in [0.15, 0.2) is 5.82 Å². The van der Waals surface area contributed by atoms with E-state index in [2.05, 4.69) is 30.2 Å². The number of rotatable bonds is 6. The van der Waals surface area contributed by atoms with Crippen molar-refractivity contribution in [3.63, 3.8) is 0 Å². The van der Waals surface area contributed by atoms with Crippen LogP contribution >= 0.6 is 0 Å². The third kappa shape index (κ3) is 3.75. The number of hydrogen-bond donors (Lipinski definition) is 1. The Morgan fingerprint density at radius 1 is 1.31 bits per heavy atom. The molecule has 0 spiro atoms. The van der Waals surface area contributed by atoms with Crippen LogP contribution in [-0.2, 0) is 6.54 Å². The molecule has 8 nitrogen and oxygen atoms in total. The zero-order chi connectivity index (χ0) is 17.8. The Hall–Kier alpha value is -2.74. The van der Waals surface area contributed by atoms with E-state index in [-0.39, 0.29) is 6.10 Å². The maximum atomic E-state index is 5.92. The number of imidazole rings is 1. The second-order valence-electron chi connectivity index (χ2n) is 6.59. The van der Waals surface area contributed by atoms with Crippen LogP contribution in [0.1, 0.15) is 25.8 Å². The van der Waals surface area contributed by atoms with Crippen molar-refractivity contribution in [3.8, 4) is 17.3 Å². The summed E-state index contributed by atoms with van der Waals surface area (Å²) in [5, 5.41) is 12.0. The summed E-state index contributed by atoms with van der Waals surface area (Å²) in [6, 6.07) is 4.18. The van der Waals surface area contributed by atoms with Gasteiger partial charge in [-0.25, -0.2) is 9.67 Å². The fourth-order valence-electron chi connectivity index (χ4n) is 3.28. The molecule has 0 amide bonds. The van der Waals surface area contributed by atoms with Gasteiger partial charge in [-0.05, 0) is 45.0 Å². The highest BCUT2D eigenvalue weighted by Gasteiger charge is 2.19. The van der Waals surface area contributed by atoms with Gasteiger partial charge in [-0.15, -0.1) is 5.10 Å². The molecule has 136 valence electrons. The normalized spacial score (nSPS) is 16.5. The average Bonchev–Trinajstić information content (AvgIpc) is 3.32. The first-order valence-corrected chi connectivity index (χ1v) is 9.00. The first-order chi connectivity index (χ1) is 12.8. The van der Waals surface area contributed by atoms with Crippen LogP contribution in [0.5, 0.6) is 5.75 Å². The zero-order valence-corrected chi connectivity index (χ0v) is 14.8. The summed E-state index contributed by atoms with van der Waals surface area (Å²) < 4.78 is 9.95. The lowest BCUT2D eigenvalue weighted by Gasteiger charge is -2.22. The predicted molar refractivity (Wildman–Crippen MR) is 96.7 cm³/mol. The molecular formula is C18H23N7O. The Morgan fingerprint density at radius 2 is 2.19 bits per heavy atom. The van der Waals surface area contributed by atoms with Gasteiger partial charge in [0.2, 0.25) is 0 Å². The molecule has 0 bridgehead atoms. The van der Waals surface area contributed by atoms with Crippen molar-refractivity contribution < 1.29 is 4.74 Å². The molecule has 26 heavy (non-hydrogen) atoms. The van der Waals surface area contributed by atoms with E-state index < -0.39 is 0 Å². The van der Waals surface area contributed by atoms with Gasteiger partial charge >= 0.3 is 0 Å². The molecule has 8 heteroatoms. The number of pyridine rings is 1. The van der Waals surface area contributed by atoms with Crippen LogP contribution in [-0.4, -0.2) is 48.7 Å². The minimum Gasteiger partial charge on any atom is -0.487 e. The Balaban J connectivity index is 1.46. The maximum absolute atomic E-state index is 5.92. The molecule has 1 N–H and O–H groups in total. The Morgan fingerprint density at radius 3 is 3.00 bits per heavy atom. The third-order valence-electron chi connectivity index (χ3n) is 4.56. The molecule has 1 aliphatic heterocycles. The molecule has 0 radical (unpaired) electrons. The average molecular weight is 353 g/mol. The lowest BCUT2D eigenvalue weighted by atomic mass is 10.1. The molecular weight excluding hydrogens is 330 g/mol. The predicted octanol–water partition coefficient (Wildman–Crippen LogP) is 1.93. The monoisotopic (exact) mass is 353 g/mol. The standard InChI is InChI=1S/C18H23N7O/c1-14(26-16-3-2-6-20-11-16)12-24-10-9-21-18(24)17-13-25(23-22-17)15-4-7-19-8-5-15/h2-3,6,9-11,13-15,19H,4-5,7-8,12H2,1H3/t14-/m0/s1. The Labute approximate surface area is 152 Å². The van der Waals surface area contributed by atoms with Gasteiger partial charge in [0.25, 0.3) is 0 Å². The van der Waals surface area contributed by atoms with Crippen LogP contribution in [0.15, 0.2) is 43.1 Å². The largest absolute Gasteiger partial charge is 0.487 e. The van der Waals surface area contributed by atoms with Crippen molar-refractivity contribution in [2.45, 2.75) is 38.5 Å². The summed E-state index contributed by atoms with van der Waals surface area (Å²) in [6.45, 7) is 4.75. The van der Waals surface area contributed by atoms with Gasteiger partial charge in [0, 0.05) is 18.6 Å². The lowest BCUT2D eigenvalue weighted by molar-refractivity contribution is 0.199. The second-order valence-corrected chi connectivity index (χ2v) is 6.59. The van der Waals surface area contributed by atoms with Crippen LogP contribution in [0.4, 0.5) is 0 Å². The molecule has 0 aliphatic carbocycles. The quantitative estimate of drug-likeness (QED) is 0.729. The van der Waals surface area contributed by atoms with Gasteiger partial charge < -0.3 is 14.6 Å². The smallest absolute Gasteiger partial charge is 0.162 e. The molecule has 4 heterocycles. The number of aromatic nitrogens is 6. The van der Waals surface area contributed by atoms with E-state index >= 15 is 0 Å². The topological polar surface area (TPSA) is 82.7 Å². The highest BCUT2D eigenvalue weighted by atomic mass is 16.5. The number of hydrogen-bond acceptors (Lipinski definition) is 6. The highest BCUT2D eigenvalue weighted by molar-refractivity contribution is 5.47. The SMILES string of the molecule is C[C@@H](Cn1ccnc1-c1cn(C2CCNCC2)nn1)Oc1cccnc1. The van der Waals surface area contributed by atoms with Gasteiger partial charge in [0.05, 0.1) is 25.0 Å². The zero-order valence-electron chi connectivity index (χ0n) is 14.8. The van der Waals surface area contributed by atoms with Gasteiger partial charge in [-0.3, -0.25) is 4.98 Å². The van der Waals surface area contributed by atoms with E-state index in [1.165, 1.54) is 0 Å². The van der Waals surface area contributed by atoms with Crippen LogP contribution < -0.4 is 10.1 Å². The van der Waals surface area contributed by atoms with Crippen LogP contribution in [0.3, 0.4) is 0 Å². The van der Waals surface area contributed by atoms with Crippen molar-refractivity contribution in [2.24, 2.45) is 0 Å². The molecule has 3 aromatic heterocycles.